The van der Waals surface area contributed by atoms with Gasteiger partial charge in [-0.15, -0.1) is 0 Å². The summed E-state index contributed by atoms with van der Waals surface area (Å²) in [6, 6.07) is 10.8. The molecule has 0 bridgehead atoms. The fraction of sp³-hybridized carbons (Fsp3) is 0.500. The number of nitrogens with zero attached hydrogens (tertiary/aromatic N) is 4. The van der Waals surface area contributed by atoms with Crippen molar-refractivity contribution in [2.75, 3.05) is 6.54 Å². The number of carbonyl (C=O) groups excluding carboxylic acids is 1. The number of aryl methyl sites for hydroxylation is 1. The second kappa shape index (κ2) is 6.30. The van der Waals surface area contributed by atoms with E-state index in [0.717, 1.165) is 31.8 Å². The molecule has 3 heterocycles. The van der Waals surface area contributed by atoms with E-state index in [1.54, 1.807) is 0 Å². The Bertz CT molecular complexity index is 756. The van der Waals surface area contributed by atoms with Crippen molar-refractivity contribution in [3.63, 3.8) is 0 Å². The number of imidazole rings is 1. The molecule has 1 aromatic carbocycles. The van der Waals surface area contributed by atoms with Crippen molar-refractivity contribution < 1.29 is 4.79 Å². The SMILES string of the molecule is Cn1ccnc1CN1CC[C@@]2(C)[C@@H]1CCC(=O)N2Cc1ccccc1. The topological polar surface area (TPSA) is 41.4 Å². The van der Waals surface area contributed by atoms with E-state index in [9.17, 15) is 4.79 Å². The monoisotopic (exact) mass is 338 g/mol. The summed E-state index contributed by atoms with van der Waals surface area (Å²) in [6.45, 7) is 4.86. The van der Waals surface area contributed by atoms with Gasteiger partial charge in [0.25, 0.3) is 0 Å². The van der Waals surface area contributed by atoms with Crippen molar-refractivity contribution in [3.8, 4) is 0 Å². The molecule has 2 aliphatic rings. The largest absolute Gasteiger partial charge is 0.337 e. The van der Waals surface area contributed by atoms with Crippen LogP contribution in [0, 0.1) is 0 Å². The first-order valence-corrected chi connectivity index (χ1v) is 9.12. The lowest BCUT2D eigenvalue weighted by Gasteiger charge is -2.48. The highest BCUT2D eigenvalue weighted by Gasteiger charge is 2.51. The smallest absolute Gasteiger partial charge is 0.223 e. The zero-order valence-corrected chi connectivity index (χ0v) is 15.1. The Kier molecular flexibility index (Phi) is 4.12. The third kappa shape index (κ3) is 2.86. The zero-order valence-electron chi connectivity index (χ0n) is 15.1. The highest BCUT2D eigenvalue weighted by Crippen LogP contribution is 2.41. The molecule has 25 heavy (non-hydrogen) atoms. The Morgan fingerprint density at radius 1 is 1.24 bits per heavy atom. The number of hydrogen-bond acceptors (Lipinski definition) is 3. The van der Waals surface area contributed by atoms with E-state index in [1.807, 2.05) is 37.6 Å². The molecular formula is C20H26N4O. The van der Waals surface area contributed by atoms with Crippen molar-refractivity contribution in [1.82, 2.24) is 19.4 Å². The molecule has 2 fully saturated rings. The van der Waals surface area contributed by atoms with Gasteiger partial charge < -0.3 is 9.47 Å². The van der Waals surface area contributed by atoms with Crippen LogP contribution in [0.25, 0.3) is 0 Å². The molecule has 0 unspecified atom stereocenters. The van der Waals surface area contributed by atoms with Gasteiger partial charge in [-0.05, 0) is 25.3 Å². The highest BCUT2D eigenvalue weighted by molar-refractivity contribution is 5.78. The number of benzene rings is 1. The number of likely N-dealkylation sites (tertiary alicyclic amines) is 2. The maximum Gasteiger partial charge on any atom is 0.223 e. The van der Waals surface area contributed by atoms with Crippen LogP contribution >= 0.6 is 0 Å². The summed E-state index contributed by atoms with van der Waals surface area (Å²) < 4.78 is 2.09. The summed E-state index contributed by atoms with van der Waals surface area (Å²) in [6.07, 6.45) is 6.48. The number of hydrogen-bond donors (Lipinski definition) is 0. The molecule has 2 aliphatic heterocycles. The minimum Gasteiger partial charge on any atom is -0.337 e. The second-order valence-corrected chi connectivity index (χ2v) is 7.55. The van der Waals surface area contributed by atoms with E-state index >= 15 is 0 Å². The Labute approximate surface area is 149 Å². The van der Waals surface area contributed by atoms with Gasteiger partial charge in [-0.25, -0.2) is 4.98 Å². The molecule has 1 amide bonds. The number of rotatable bonds is 4. The molecule has 2 aromatic rings. The molecule has 0 radical (unpaired) electrons. The Morgan fingerprint density at radius 3 is 2.76 bits per heavy atom. The Hall–Kier alpha value is -2.14. The fourth-order valence-electron chi connectivity index (χ4n) is 4.53. The van der Waals surface area contributed by atoms with Crippen LogP contribution in [-0.4, -0.2) is 43.4 Å². The van der Waals surface area contributed by atoms with Gasteiger partial charge in [-0.3, -0.25) is 9.69 Å². The second-order valence-electron chi connectivity index (χ2n) is 7.55. The molecule has 0 spiro atoms. The van der Waals surface area contributed by atoms with Crippen molar-refractivity contribution in [2.45, 2.75) is 50.9 Å². The molecule has 132 valence electrons. The molecule has 2 saturated heterocycles. The van der Waals surface area contributed by atoms with Crippen molar-refractivity contribution in [2.24, 2.45) is 7.05 Å². The molecule has 0 N–H and O–H groups in total. The first-order chi connectivity index (χ1) is 12.1. The highest BCUT2D eigenvalue weighted by atomic mass is 16.2. The molecule has 0 saturated carbocycles. The average Bonchev–Trinajstić information content (AvgIpc) is 3.16. The van der Waals surface area contributed by atoms with Gasteiger partial charge in [0.2, 0.25) is 5.91 Å². The number of carbonyl (C=O) groups is 1. The first-order valence-electron chi connectivity index (χ1n) is 9.12. The minimum atomic E-state index is -0.0870. The van der Waals surface area contributed by atoms with Crippen molar-refractivity contribution in [1.29, 1.82) is 0 Å². The lowest BCUT2D eigenvalue weighted by Crippen LogP contribution is -2.60. The molecule has 4 rings (SSSR count). The van der Waals surface area contributed by atoms with Gasteiger partial charge in [0.15, 0.2) is 0 Å². The third-order valence-corrected chi connectivity index (χ3v) is 6.06. The number of amides is 1. The van der Waals surface area contributed by atoms with Crippen LogP contribution in [0.1, 0.15) is 37.6 Å². The summed E-state index contributed by atoms with van der Waals surface area (Å²) in [4.78, 5) is 21.9. The van der Waals surface area contributed by atoms with Gasteiger partial charge in [0, 0.05) is 45.0 Å². The summed E-state index contributed by atoms with van der Waals surface area (Å²) in [5.74, 6) is 1.39. The maximum absolute atomic E-state index is 12.7. The summed E-state index contributed by atoms with van der Waals surface area (Å²) in [5, 5.41) is 0. The van der Waals surface area contributed by atoms with Gasteiger partial charge in [-0.1, -0.05) is 30.3 Å². The molecule has 0 aliphatic carbocycles. The van der Waals surface area contributed by atoms with Crippen LogP contribution in [0.2, 0.25) is 0 Å². The quantitative estimate of drug-likeness (QED) is 0.860. The predicted molar refractivity (Wildman–Crippen MR) is 96.7 cm³/mol. The Morgan fingerprint density at radius 2 is 2.04 bits per heavy atom. The van der Waals surface area contributed by atoms with E-state index in [4.69, 9.17) is 0 Å². The summed E-state index contributed by atoms with van der Waals surface area (Å²) in [7, 11) is 2.05. The molecule has 5 nitrogen and oxygen atoms in total. The van der Waals surface area contributed by atoms with Gasteiger partial charge in [-0.2, -0.15) is 0 Å². The van der Waals surface area contributed by atoms with E-state index < -0.39 is 0 Å². The van der Waals surface area contributed by atoms with Crippen LogP contribution in [0.5, 0.6) is 0 Å². The van der Waals surface area contributed by atoms with Gasteiger partial charge in [0.1, 0.15) is 5.82 Å². The third-order valence-electron chi connectivity index (χ3n) is 6.06. The average molecular weight is 338 g/mol. The van der Waals surface area contributed by atoms with Gasteiger partial charge >= 0.3 is 0 Å². The first kappa shape index (κ1) is 16.3. The van der Waals surface area contributed by atoms with Crippen LogP contribution in [0.4, 0.5) is 0 Å². The van der Waals surface area contributed by atoms with Crippen LogP contribution in [0.15, 0.2) is 42.7 Å². The van der Waals surface area contributed by atoms with Crippen LogP contribution < -0.4 is 0 Å². The lowest BCUT2D eigenvalue weighted by molar-refractivity contribution is -0.144. The predicted octanol–water partition coefficient (Wildman–Crippen LogP) is 2.58. The Balaban J connectivity index is 1.56. The molecule has 5 heteroatoms. The van der Waals surface area contributed by atoms with Crippen molar-refractivity contribution in [3.05, 3.63) is 54.1 Å². The zero-order chi connectivity index (χ0) is 17.4. The summed E-state index contributed by atoms with van der Waals surface area (Å²) in [5.41, 5.74) is 1.12. The van der Waals surface area contributed by atoms with Crippen LogP contribution in [0.3, 0.4) is 0 Å². The van der Waals surface area contributed by atoms with E-state index in [0.29, 0.717) is 24.9 Å². The molecule has 1 aromatic heterocycles. The standard InChI is InChI=1S/C20H26N4O/c1-20-10-12-23(15-18-21-11-13-22(18)2)17(20)8-9-19(25)24(20)14-16-6-4-3-5-7-16/h3-7,11,13,17H,8-10,12,14-15H2,1-2H3/t17-,20-/m0/s1. The number of piperidine rings is 1. The molecule has 2 atom stereocenters. The minimum absolute atomic E-state index is 0.0870. The fourth-order valence-corrected chi connectivity index (χ4v) is 4.53. The van der Waals surface area contributed by atoms with E-state index in [2.05, 4.69) is 38.4 Å². The van der Waals surface area contributed by atoms with Crippen LogP contribution in [-0.2, 0) is 24.9 Å². The number of aromatic nitrogens is 2. The maximum atomic E-state index is 12.7. The lowest BCUT2D eigenvalue weighted by atomic mass is 9.83. The summed E-state index contributed by atoms with van der Waals surface area (Å²) >= 11 is 0. The normalized spacial score (nSPS) is 26.9. The van der Waals surface area contributed by atoms with E-state index in [1.165, 1.54) is 5.56 Å². The molecular weight excluding hydrogens is 312 g/mol. The van der Waals surface area contributed by atoms with Crippen molar-refractivity contribution >= 4 is 5.91 Å². The van der Waals surface area contributed by atoms with E-state index in [-0.39, 0.29) is 5.54 Å². The number of fused-ring (bicyclic) bond motifs is 1. The van der Waals surface area contributed by atoms with Gasteiger partial charge in [0.05, 0.1) is 12.1 Å².